The van der Waals surface area contributed by atoms with Crippen molar-refractivity contribution < 1.29 is 19.4 Å². The van der Waals surface area contributed by atoms with E-state index in [-0.39, 0.29) is 6.42 Å². The summed E-state index contributed by atoms with van der Waals surface area (Å²) < 4.78 is 10.5. The van der Waals surface area contributed by atoms with Gasteiger partial charge in [-0.05, 0) is 12.1 Å². The molecule has 1 N–H and O–H groups in total. The van der Waals surface area contributed by atoms with Crippen LogP contribution in [0.5, 0.6) is 5.75 Å². The Labute approximate surface area is 102 Å². The number of hydrogen-bond acceptors (Lipinski definition) is 4. The number of methoxy groups -OCH3 is 2. The van der Waals surface area contributed by atoms with Crippen molar-refractivity contribution in [3.63, 3.8) is 0 Å². The first-order valence-electron chi connectivity index (χ1n) is 4.66. The third-order valence-corrected chi connectivity index (χ3v) is 2.64. The zero-order chi connectivity index (χ0) is 12.1. The third kappa shape index (κ3) is 3.21. The molecule has 0 spiro atoms. The van der Waals surface area contributed by atoms with Gasteiger partial charge in [0, 0.05) is 10.0 Å². The molecule has 0 aliphatic rings. The molecule has 1 atom stereocenters. The predicted octanol–water partition coefficient (Wildman–Crippen LogP) is 2.05. The highest BCUT2D eigenvalue weighted by Gasteiger charge is 2.17. The average Bonchev–Trinajstić information content (AvgIpc) is 2.28. The molecule has 0 heterocycles. The molecule has 0 saturated heterocycles. The maximum Gasteiger partial charge on any atom is 0.308 e. The summed E-state index contributed by atoms with van der Waals surface area (Å²) >= 11 is 3.30. The number of halogens is 1. The molecule has 88 valence electrons. The number of esters is 1. The van der Waals surface area contributed by atoms with Crippen LogP contribution in [0.4, 0.5) is 0 Å². The van der Waals surface area contributed by atoms with Crippen LogP contribution in [-0.4, -0.2) is 25.3 Å². The molecule has 0 saturated carbocycles. The molecule has 1 aromatic rings. The minimum absolute atomic E-state index is 0.0888. The van der Waals surface area contributed by atoms with Gasteiger partial charge in [-0.25, -0.2) is 0 Å². The van der Waals surface area contributed by atoms with E-state index in [2.05, 4.69) is 20.7 Å². The summed E-state index contributed by atoms with van der Waals surface area (Å²) in [6, 6.07) is 5.21. The van der Waals surface area contributed by atoms with Gasteiger partial charge in [0.25, 0.3) is 0 Å². The second-order valence-corrected chi connectivity index (χ2v) is 4.10. The molecule has 0 aliphatic carbocycles. The number of aliphatic hydroxyl groups excluding tert-OH is 1. The zero-order valence-electron chi connectivity index (χ0n) is 9.07. The summed E-state index contributed by atoms with van der Waals surface area (Å²) in [5, 5.41) is 9.83. The summed E-state index contributed by atoms with van der Waals surface area (Å²) in [6.07, 6.45) is -1.01. The Hall–Kier alpha value is -1.07. The molecule has 0 fully saturated rings. The van der Waals surface area contributed by atoms with Crippen LogP contribution in [0.2, 0.25) is 0 Å². The fourth-order valence-electron chi connectivity index (χ4n) is 1.31. The Kier molecular flexibility index (Phi) is 4.76. The quantitative estimate of drug-likeness (QED) is 0.862. The van der Waals surface area contributed by atoms with Crippen LogP contribution in [0, 0.1) is 0 Å². The Balaban J connectivity index is 2.90. The van der Waals surface area contributed by atoms with Crippen molar-refractivity contribution in [3.05, 3.63) is 28.2 Å². The number of benzene rings is 1. The van der Waals surface area contributed by atoms with E-state index < -0.39 is 12.1 Å². The molecular weight excluding hydrogens is 276 g/mol. The lowest BCUT2D eigenvalue weighted by Gasteiger charge is -2.13. The van der Waals surface area contributed by atoms with Gasteiger partial charge in [0.2, 0.25) is 0 Å². The molecular formula is C11H13BrO4. The first kappa shape index (κ1) is 13.0. The van der Waals surface area contributed by atoms with E-state index in [1.165, 1.54) is 14.2 Å². The largest absolute Gasteiger partial charge is 0.496 e. The van der Waals surface area contributed by atoms with E-state index in [0.29, 0.717) is 11.3 Å². The molecule has 0 bridgehead atoms. The van der Waals surface area contributed by atoms with Crippen molar-refractivity contribution in [1.82, 2.24) is 0 Å². The van der Waals surface area contributed by atoms with E-state index in [0.717, 1.165) is 4.47 Å². The van der Waals surface area contributed by atoms with E-state index in [4.69, 9.17) is 4.74 Å². The van der Waals surface area contributed by atoms with Crippen LogP contribution in [0.1, 0.15) is 18.1 Å². The lowest BCUT2D eigenvalue weighted by molar-refractivity contribution is -0.142. The van der Waals surface area contributed by atoms with Crippen LogP contribution < -0.4 is 4.74 Å². The summed E-state index contributed by atoms with van der Waals surface area (Å²) in [4.78, 5) is 11.0. The number of carbonyl (C=O) groups excluding carboxylic acids is 1. The van der Waals surface area contributed by atoms with Crippen molar-refractivity contribution >= 4 is 21.9 Å². The molecule has 5 heteroatoms. The smallest absolute Gasteiger partial charge is 0.308 e. The van der Waals surface area contributed by atoms with Gasteiger partial charge in [0.1, 0.15) is 5.75 Å². The van der Waals surface area contributed by atoms with Crippen LogP contribution in [-0.2, 0) is 9.53 Å². The SMILES string of the molecule is COC(=O)CC(O)c1ccc(Br)cc1OC. The van der Waals surface area contributed by atoms with E-state index >= 15 is 0 Å². The zero-order valence-corrected chi connectivity index (χ0v) is 10.7. The maximum absolute atomic E-state index is 11.0. The lowest BCUT2D eigenvalue weighted by Crippen LogP contribution is -2.09. The number of rotatable bonds is 4. The molecule has 4 nitrogen and oxygen atoms in total. The second-order valence-electron chi connectivity index (χ2n) is 3.18. The van der Waals surface area contributed by atoms with Crippen molar-refractivity contribution in [2.24, 2.45) is 0 Å². The Bertz CT molecular complexity index is 378. The molecule has 0 amide bonds. The number of aliphatic hydroxyl groups is 1. The van der Waals surface area contributed by atoms with Gasteiger partial charge < -0.3 is 14.6 Å². The summed E-state index contributed by atoms with van der Waals surface area (Å²) in [6.45, 7) is 0. The Morgan fingerprint density at radius 1 is 1.50 bits per heavy atom. The molecule has 1 unspecified atom stereocenters. The Morgan fingerprint density at radius 3 is 2.75 bits per heavy atom. The van der Waals surface area contributed by atoms with Crippen LogP contribution in [0.25, 0.3) is 0 Å². The number of ether oxygens (including phenoxy) is 2. The third-order valence-electron chi connectivity index (χ3n) is 2.14. The molecule has 1 aromatic carbocycles. The van der Waals surface area contributed by atoms with Gasteiger partial charge >= 0.3 is 5.97 Å². The second kappa shape index (κ2) is 5.86. The highest BCUT2D eigenvalue weighted by atomic mass is 79.9. The van der Waals surface area contributed by atoms with Gasteiger partial charge in [0.15, 0.2) is 0 Å². The highest BCUT2D eigenvalue weighted by Crippen LogP contribution is 2.30. The van der Waals surface area contributed by atoms with Crippen molar-refractivity contribution in [2.45, 2.75) is 12.5 Å². The van der Waals surface area contributed by atoms with Gasteiger partial charge in [-0.2, -0.15) is 0 Å². The van der Waals surface area contributed by atoms with Gasteiger partial charge in [-0.3, -0.25) is 4.79 Å². The van der Waals surface area contributed by atoms with Gasteiger partial charge in [0.05, 0.1) is 26.7 Å². The van der Waals surface area contributed by atoms with Crippen molar-refractivity contribution in [1.29, 1.82) is 0 Å². The fourth-order valence-corrected chi connectivity index (χ4v) is 1.65. The minimum Gasteiger partial charge on any atom is -0.496 e. The Morgan fingerprint density at radius 2 is 2.19 bits per heavy atom. The van der Waals surface area contributed by atoms with E-state index in [1.807, 2.05) is 0 Å². The van der Waals surface area contributed by atoms with E-state index in [9.17, 15) is 9.90 Å². The lowest BCUT2D eigenvalue weighted by atomic mass is 10.1. The molecule has 0 aliphatic heterocycles. The van der Waals surface area contributed by atoms with Crippen molar-refractivity contribution in [2.75, 3.05) is 14.2 Å². The normalized spacial score (nSPS) is 12.0. The van der Waals surface area contributed by atoms with E-state index in [1.54, 1.807) is 18.2 Å². The molecule has 0 radical (unpaired) electrons. The number of carbonyl (C=O) groups is 1. The minimum atomic E-state index is -0.921. The highest BCUT2D eigenvalue weighted by molar-refractivity contribution is 9.10. The van der Waals surface area contributed by atoms with Crippen LogP contribution in [0.3, 0.4) is 0 Å². The molecule has 0 aromatic heterocycles. The standard InChI is InChI=1S/C11H13BrO4/c1-15-10-5-7(12)3-4-8(10)9(13)6-11(14)16-2/h3-5,9,13H,6H2,1-2H3. The summed E-state index contributed by atoms with van der Waals surface area (Å²) in [5.74, 6) is 0.0725. The fraction of sp³-hybridized carbons (Fsp3) is 0.364. The van der Waals surface area contributed by atoms with Crippen LogP contribution in [0.15, 0.2) is 22.7 Å². The number of hydrogen-bond donors (Lipinski definition) is 1. The summed E-state index contributed by atoms with van der Waals surface area (Å²) in [5.41, 5.74) is 0.566. The summed E-state index contributed by atoms with van der Waals surface area (Å²) in [7, 11) is 2.80. The van der Waals surface area contributed by atoms with Crippen molar-refractivity contribution in [3.8, 4) is 5.75 Å². The first-order valence-corrected chi connectivity index (χ1v) is 5.46. The molecule has 16 heavy (non-hydrogen) atoms. The maximum atomic E-state index is 11.0. The topological polar surface area (TPSA) is 55.8 Å². The molecule has 1 rings (SSSR count). The first-order chi connectivity index (χ1) is 7.58. The monoisotopic (exact) mass is 288 g/mol. The van der Waals surface area contributed by atoms with Crippen LogP contribution >= 0.6 is 15.9 Å². The average molecular weight is 289 g/mol. The van der Waals surface area contributed by atoms with Gasteiger partial charge in [-0.15, -0.1) is 0 Å². The predicted molar refractivity (Wildman–Crippen MR) is 62.3 cm³/mol. The van der Waals surface area contributed by atoms with Gasteiger partial charge in [-0.1, -0.05) is 22.0 Å².